The van der Waals surface area contributed by atoms with Gasteiger partial charge in [0.1, 0.15) is 18.0 Å². The Balaban J connectivity index is 2.21. The van der Waals surface area contributed by atoms with Crippen molar-refractivity contribution in [3.63, 3.8) is 0 Å². The number of sulfonamides is 1. The highest BCUT2D eigenvalue weighted by Crippen LogP contribution is 2.25. The van der Waals surface area contributed by atoms with Crippen molar-refractivity contribution in [3.05, 3.63) is 46.3 Å². The van der Waals surface area contributed by atoms with Gasteiger partial charge >= 0.3 is 0 Å². The predicted molar refractivity (Wildman–Crippen MR) is 68.3 cm³/mol. The third-order valence-electron chi connectivity index (χ3n) is 2.53. The first-order valence-corrected chi connectivity index (χ1v) is 7.17. The quantitative estimate of drug-likeness (QED) is 0.585. The van der Waals surface area contributed by atoms with Crippen molar-refractivity contribution >= 4 is 15.7 Å². The van der Waals surface area contributed by atoms with Gasteiger partial charge in [0.15, 0.2) is 4.90 Å². The summed E-state index contributed by atoms with van der Waals surface area (Å²) < 4.78 is 39.8. The zero-order valence-corrected chi connectivity index (χ0v) is 11.3. The molecule has 0 radical (unpaired) electrons. The van der Waals surface area contributed by atoms with Crippen molar-refractivity contribution in [2.75, 3.05) is 6.54 Å². The van der Waals surface area contributed by atoms with Crippen LogP contribution in [0.25, 0.3) is 0 Å². The van der Waals surface area contributed by atoms with Crippen LogP contribution >= 0.6 is 0 Å². The van der Waals surface area contributed by atoms with Gasteiger partial charge in [-0.05, 0) is 6.07 Å². The molecule has 2 aromatic rings. The molecule has 0 aliphatic heterocycles. The third-order valence-corrected chi connectivity index (χ3v) is 4.06. The van der Waals surface area contributed by atoms with Crippen LogP contribution in [0.2, 0.25) is 0 Å². The van der Waals surface area contributed by atoms with E-state index in [2.05, 4.69) is 19.9 Å². The Kier molecular flexibility index (Phi) is 4.23. The maximum Gasteiger partial charge on any atom is 0.292 e. The molecule has 21 heavy (non-hydrogen) atoms. The molecule has 1 heterocycles. The topological polar surface area (TPSA) is 131 Å². The van der Waals surface area contributed by atoms with Gasteiger partial charge in [-0.15, -0.1) is 0 Å². The normalized spacial score (nSPS) is 11.5. The van der Waals surface area contributed by atoms with E-state index in [1.807, 2.05) is 0 Å². The third kappa shape index (κ3) is 3.38. The first-order chi connectivity index (χ1) is 9.92. The van der Waals surface area contributed by atoms with Gasteiger partial charge < -0.3 is 0 Å². The summed E-state index contributed by atoms with van der Waals surface area (Å²) in [6, 6.07) is 2.84. The average Bonchev–Trinajstić information content (AvgIpc) is 2.91. The molecule has 11 heteroatoms. The lowest BCUT2D eigenvalue weighted by Gasteiger charge is -2.07. The number of hydrogen-bond acceptors (Lipinski definition) is 6. The van der Waals surface area contributed by atoms with E-state index in [1.165, 1.54) is 6.33 Å². The van der Waals surface area contributed by atoms with E-state index in [9.17, 15) is 22.9 Å². The summed E-state index contributed by atoms with van der Waals surface area (Å²) in [4.78, 5) is 12.7. The molecule has 0 saturated heterocycles. The van der Waals surface area contributed by atoms with E-state index in [1.54, 1.807) is 0 Å². The highest BCUT2D eigenvalue weighted by molar-refractivity contribution is 7.89. The van der Waals surface area contributed by atoms with Gasteiger partial charge in [-0.3, -0.25) is 15.2 Å². The summed E-state index contributed by atoms with van der Waals surface area (Å²) in [5.41, 5.74) is -0.817. The van der Waals surface area contributed by atoms with Crippen molar-refractivity contribution in [1.29, 1.82) is 0 Å². The monoisotopic (exact) mass is 315 g/mol. The number of rotatable bonds is 6. The number of halogens is 1. The molecule has 0 unspecified atom stereocenters. The molecule has 0 spiro atoms. The van der Waals surface area contributed by atoms with Crippen LogP contribution in [0.15, 0.2) is 29.4 Å². The summed E-state index contributed by atoms with van der Waals surface area (Å²) in [7, 11) is -4.35. The molecule has 0 aliphatic rings. The summed E-state index contributed by atoms with van der Waals surface area (Å²) in [5, 5.41) is 16.9. The number of nitrogens with zero attached hydrogens (tertiary/aromatic N) is 3. The zero-order valence-electron chi connectivity index (χ0n) is 10.5. The number of aromatic amines is 1. The number of nitro groups is 1. The number of benzene rings is 1. The van der Waals surface area contributed by atoms with Crippen molar-refractivity contribution in [3.8, 4) is 0 Å². The van der Waals surface area contributed by atoms with E-state index in [0.29, 0.717) is 5.82 Å². The van der Waals surface area contributed by atoms with Gasteiger partial charge in [-0.25, -0.2) is 22.5 Å². The molecular formula is C10H10FN5O4S. The Hall–Kier alpha value is -2.40. The van der Waals surface area contributed by atoms with Crippen molar-refractivity contribution in [1.82, 2.24) is 19.9 Å². The molecule has 0 aliphatic carbocycles. The Morgan fingerprint density at radius 3 is 2.81 bits per heavy atom. The lowest BCUT2D eigenvalue weighted by atomic mass is 10.3. The molecule has 0 amide bonds. The Labute approximate surface area is 118 Å². The lowest BCUT2D eigenvalue weighted by Crippen LogP contribution is -2.27. The first kappa shape index (κ1) is 15.0. The highest BCUT2D eigenvalue weighted by atomic mass is 32.2. The largest absolute Gasteiger partial charge is 0.292 e. The lowest BCUT2D eigenvalue weighted by molar-refractivity contribution is -0.388. The van der Waals surface area contributed by atoms with Crippen LogP contribution in [0.3, 0.4) is 0 Å². The van der Waals surface area contributed by atoms with Gasteiger partial charge in [0.25, 0.3) is 5.69 Å². The minimum atomic E-state index is -4.35. The summed E-state index contributed by atoms with van der Waals surface area (Å²) in [6.07, 6.45) is 1.44. The molecule has 1 aromatic carbocycles. The van der Waals surface area contributed by atoms with E-state index in [-0.39, 0.29) is 13.0 Å². The average molecular weight is 315 g/mol. The van der Waals surface area contributed by atoms with Gasteiger partial charge in [0.05, 0.1) is 4.92 Å². The van der Waals surface area contributed by atoms with Gasteiger partial charge in [0.2, 0.25) is 10.0 Å². The molecule has 0 fully saturated rings. The Morgan fingerprint density at radius 2 is 2.19 bits per heavy atom. The predicted octanol–water partition coefficient (Wildman–Crippen LogP) is 0.373. The molecule has 0 saturated carbocycles. The molecule has 0 atom stereocenters. The molecule has 0 bridgehead atoms. The van der Waals surface area contributed by atoms with Gasteiger partial charge in [0, 0.05) is 19.0 Å². The second-order valence-corrected chi connectivity index (χ2v) is 5.63. The molecule has 9 nitrogen and oxygen atoms in total. The minimum Gasteiger partial charge on any atom is -0.263 e. The van der Waals surface area contributed by atoms with Crippen LogP contribution in [0.1, 0.15) is 5.82 Å². The first-order valence-electron chi connectivity index (χ1n) is 5.68. The Bertz CT molecular complexity index is 747. The number of nitrogens with one attached hydrogen (secondary N) is 2. The molecule has 2 N–H and O–H groups in total. The second-order valence-electron chi connectivity index (χ2n) is 3.93. The molecule has 1 aromatic heterocycles. The zero-order chi connectivity index (χ0) is 15.5. The number of H-pyrrole nitrogens is 1. The number of hydrogen-bond donors (Lipinski definition) is 2. The second kappa shape index (κ2) is 5.93. The van der Waals surface area contributed by atoms with Crippen LogP contribution in [0.4, 0.5) is 10.1 Å². The standard InChI is InChI=1S/C10H10FN5O4S/c11-7-2-1-3-8(16(17)18)10(7)21(19,20)14-5-4-9-12-6-13-15-9/h1-3,6,14H,4-5H2,(H,12,13,15). The van der Waals surface area contributed by atoms with Crippen LogP contribution in [0, 0.1) is 15.9 Å². The highest BCUT2D eigenvalue weighted by Gasteiger charge is 2.29. The van der Waals surface area contributed by atoms with Gasteiger partial charge in [-0.2, -0.15) is 5.10 Å². The van der Waals surface area contributed by atoms with Crippen LogP contribution in [-0.2, 0) is 16.4 Å². The molecule has 2 rings (SSSR count). The van der Waals surface area contributed by atoms with E-state index < -0.39 is 31.3 Å². The van der Waals surface area contributed by atoms with E-state index >= 15 is 0 Å². The van der Waals surface area contributed by atoms with Crippen molar-refractivity contribution in [2.45, 2.75) is 11.3 Å². The van der Waals surface area contributed by atoms with Crippen molar-refractivity contribution in [2.24, 2.45) is 0 Å². The summed E-state index contributed by atoms with van der Waals surface area (Å²) in [6.45, 7) is -0.108. The minimum absolute atomic E-state index is 0.108. The van der Waals surface area contributed by atoms with E-state index in [4.69, 9.17) is 0 Å². The van der Waals surface area contributed by atoms with Crippen LogP contribution in [-0.4, -0.2) is 35.1 Å². The number of aromatic nitrogens is 3. The fraction of sp³-hybridized carbons (Fsp3) is 0.200. The number of nitro benzene ring substituents is 1. The summed E-state index contributed by atoms with van der Waals surface area (Å²) >= 11 is 0. The fourth-order valence-electron chi connectivity index (χ4n) is 1.63. The van der Waals surface area contributed by atoms with E-state index in [0.717, 1.165) is 18.2 Å². The van der Waals surface area contributed by atoms with Crippen LogP contribution in [0.5, 0.6) is 0 Å². The van der Waals surface area contributed by atoms with Crippen LogP contribution < -0.4 is 4.72 Å². The smallest absolute Gasteiger partial charge is 0.263 e. The molecule has 112 valence electrons. The maximum atomic E-state index is 13.7. The SMILES string of the molecule is O=[N+]([O-])c1cccc(F)c1S(=O)(=O)NCCc1ncn[nH]1. The molecular weight excluding hydrogens is 305 g/mol. The Morgan fingerprint density at radius 1 is 1.43 bits per heavy atom. The maximum absolute atomic E-state index is 13.7. The fourth-order valence-corrected chi connectivity index (χ4v) is 2.89. The summed E-state index contributed by atoms with van der Waals surface area (Å²) in [5.74, 6) is -0.753. The van der Waals surface area contributed by atoms with Crippen molar-refractivity contribution < 1.29 is 17.7 Å². The van der Waals surface area contributed by atoms with Gasteiger partial charge in [-0.1, -0.05) is 6.07 Å².